The van der Waals surface area contributed by atoms with E-state index in [9.17, 15) is 18.5 Å². The number of carbonyl (C=O) groups is 1. The lowest BCUT2D eigenvalue weighted by Gasteiger charge is -2.24. The van der Waals surface area contributed by atoms with Gasteiger partial charge in [-0.1, -0.05) is 43.2 Å². The number of nitrogens with one attached hydrogen (secondary N) is 1. The van der Waals surface area contributed by atoms with E-state index in [-0.39, 0.29) is 5.91 Å². The number of nitrogens with zero attached hydrogens (tertiary/aromatic N) is 2. The van der Waals surface area contributed by atoms with Gasteiger partial charge in [0.15, 0.2) is 0 Å². The van der Waals surface area contributed by atoms with E-state index >= 15 is 0 Å². The molecule has 2 aliphatic rings. The zero-order valence-electron chi connectivity index (χ0n) is 17.5. The minimum absolute atomic E-state index is 0.244. The molecule has 1 heterocycles. The smallest absolute Gasteiger partial charge is 0.243 e. The van der Waals surface area contributed by atoms with Gasteiger partial charge in [0.1, 0.15) is 6.04 Å². The lowest BCUT2D eigenvalue weighted by atomic mass is 9.96. The van der Waals surface area contributed by atoms with Gasteiger partial charge in [-0.25, -0.2) is 8.42 Å². The zero-order chi connectivity index (χ0) is 22.2. The highest BCUT2D eigenvalue weighted by Gasteiger charge is 2.37. The van der Waals surface area contributed by atoms with Gasteiger partial charge in [-0.2, -0.15) is 9.57 Å². The standard InChI is InChI=1S/C23H26N4O3S/c1-27-15-19-13-18(8-9-21(19)31(27,29)30)17-6-4-16(5-7-17)12-20(14-24)26-22(28)23(25)10-2-3-11-23/h4-9,13,20H,2-3,10-12,15,25H2,1H3,(H,26,28). The van der Waals surface area contributed by atoms with Crippen molar-refractivity contribution >= 4 is 15.9 Å². The van der Waals surface area contributed by atoms with Gasteiger partial charge in [-0.3, -0.25) is 4.79 Å². The van der Waals surface area contributed by atoms with Crippen molar-refractivity contribution in [2.45, 2.75) is 55.1 Å². The molecule has 0 spiro atoms. The van der Waals surface area contributed by atoms with E-state index in [0.29, 0.717) is 30.7 Å². The predicted octanol–water partition coefficient (Wildman–Crippen LogP) is 2.31. The minimum atomic E-state index is -3.37. The van der Waals surface area contributed by atoms with Crippen molar-refractivity contribution in [3.8, 4) is 17.2 Å². The van der Waals surface area contributed by atoms with E-state index in [1.165, 1.54) is 4.31 Å². The molecular formula is C23H26N4O3S. The van der Waals surface area contributed by atoms with Crippen molar-refractivity contribution in [3.05, 3.63) is 53.6 Å². The van der Waals surface area contributed by atoms with Crippen LogP contribution in [0.3, 0.4) is 0 Å². The van der Waals surface area contributed by atoms with Gasteiger partial charge >= 0.3 is 0 Å². The molecule has 0 radical (unpaired) electrons. The fourth-order valence-electron chi connectivity index (χ4n) is 4.36. The summed E-state index contributed by atoms with van der Waals surface area (Å²) in [5, 5.41) is 12.3. The van der Waals surface area contributed by atoms with Crippen LogP contribution in [0, 0.1) is 11.3 Å². The molecule has 31 heavy (non-hydrogen) atoms. The third-order valence-electron chi connectivity index (χ3n) is 6.28. The number of amides is 1. The molecule has 1 aliphatic carbocycles. The first-order valence-corrected chi connectivity index (χ1v) is 11.8. The largest absolute Gasteiger partial charge is 0.338 e. The molecule has 2 aromatic carbocycles. The Hall–Kier alpha value is -2.73. The third kappa shape index (κ3) is 4.09. The third-order valence-corrected chi connectivity index (χ3v) is 8.18. The highest BCUT2D eigenvalue weighted by atomic mass is 32.2. The molecule has 0 aromatic heterocycles. The Bertz CT molecular complexity index is 1150. The number of rotatable bonds is 5. The molecule has 1 saturated carbocycles. The molecule has 1 aliphatic heterocycles. The number of hydrogen-bond donors (Lipinski definition) is 2. The summed E-state index contributed by atoms with van der Waals surface area (Å²) in [5.41, 5.74) is 8.95. The number of nitrogens with two attached hydrogens (primary N) is 1. The van der Waals surface area contributed by atoms with Gasteiger partial charge in [0.05, 0.1) is 16.5 Å². The molecule has 4 rings (SSSR count). The lowest BCUT2D eigenvalue weighted by molar-refractivity contribution is -0.126. The average Bonchev–Trinajstić information content (AvgIpc) is 3.29. The molecule has 3 N–H and O–H groups in total. The van der Waals surface area contributed by atoms with Crippen LogP contribution in [0.1, 0.15) is 36.8 Å². The number of nitriles is 1. The van der Waals surface area contributed by atoms with Crippen molar-refractivity contribution in [2.75, 3.05) is 7.05 Å². The highest BCUT2D eigenvalue weighted by molar-refractivity contribution is 7.89. The number of benzene rings is 2. The topological polar surface area (TPSA) is 116 Å². The average molecular weight is 439 g/mol. The number of sulfonamides is 1. The van der Waals surface area contributed by atoms with Gasteiger partial charge in [-0.05, 0) is 47.2 Å². The first kappa shape index (κ1) is 21.5. The van der Waals surface area contributed by atoms with Gasteiger partial charge in [0.25, 0.3) is 0 Å². The Balaban J connectivity index is 1.46. The summed E-state index contributed by atoms with van der Waals surface area (Å²) in [4.78, 5) is 12.9. The number of hydrogen-bond acceptors (Lipinski definition) is 5. The van der Waals surface area contributed by atoms with E-state index in [4.69, 9.17) is 5.73 Å². The molecule has 1 amide bonds. The second kappa shape index (κ2) is 8.08. The van der Waals surface area contributed by atoms with Crippen LogP contribution < -0.4 is 11.1 Å². The van der Waals surface area contributed by atoms with Crippen molar-refractivity contribution < 1.29 is 13.2 Å². The maximum Gasteiger partial charge on any atom is 0.243 e. The summed E-state index contributed by atoms with van der Waals surface area (Å²) in [7, 11) is -1.79. The first-order valence-electron chi connectivity index (χ1n) is 10.4. The Kier molecular flexibility index (Phi) is 5.60. The number of carbonyl (C=O) groups excluding carboxylic acids is 1. The molecule has 8 heteroatoms. The molecule has 7 nitrogen and oxygen atoms in total. The predicted molar refractivity (Wildman–Crippen MR) is 117 cm³/mol. The molecule has 0 saturated heterocycles. The fourth-order valence-corrected chi connectivity index (χ4v) is 5.70. The zero-order valence-corrected chi connectivity index (χ0v) is 18.3. The minimum Gasteiger partial charge on any atom is -0.338 e. The fraction of sp³-hybridized carbons (Fsp3) is 0.391. The van der Waals surface area contributed by atoms with Gasteiger partial charge < -0.3 is 11.1 Å². The van der Waals surface area contributed by atoms with Crippen LogP contribution in [0.4, 0.5) is 0 Å². The lowest BCUT2D eigenvalue weighted by Crippen LogP contribution is -2.54. The van der Waals surface area contributed by atoms with Crippen LogP contribution in [0.15, 0.2) is 47.4 Å². The van der Waals surface area contributed by atoms with E-state index in [2.05, 4.69) is 11.4 Å². The molecule has 1 fully saturated rings. The van der Waals surface area contributed by atoms with Crippen molar-refractivity contribution in [1.82, 2.24) is 9.62 Å². The van der Waals surface area contributed by atoms with E-state index in [1.807, 2.05) is 36.4 Å². The van der Waals surface area contributed by atoms with Crippen LogP contribution in [0.5, 0.6) is 0 Å². The van der Waals surface area contributed by atoms with E-state index in [0.717, 1.165) is 35.1 Å². The summed E-state index contributed by atoms with van der Waals surface area (Å²) in [6.07, 6.45) is 3.58. The van der Waals surface area contributed by atoms with Crippen molar-refractivity contribution in [1.29, 1.82) is 5.26 Å². The summed E-state index contributed by atoms with van der Waals surface area (Å²) >= 11 is 0. The van der Waals surface area contributed by atoms with E-state index < -0.39 is 21.6 Å². The second-order valence-corrected chi connectivity index (χ2v) is 10.5. The van der Waals surface area contributed by atoms with Gasteiger partial charge in [0.2, 0.25) is 15.9 Å². The molecular weight excluding hydrogens is 412 g/mol. The first-order chi connectivity index (χ1) is 14.7. The molecule has 1 atom stereocenters. The van der Waals surface area contributed by atoms with Crippen LogP contribution in [-0.2, 0) is 27.8 Å². The van der Waals surface area contributed by atoms with E-state index in [1.54, 1.807) is 13.1 Å². The normalized spacial score (nSPS) is 20.0. The molecule has 162 valence electrons. The Morgan fingerprint density at radius 3 is 2.48 bits per heavy atom. The quantitative estimate of drug-likeness (QED) is 0.743. The molecule has 1 unspecified atom stereocenters. The van der Waals surface area contributed by atoms with Crippen molar-refractivity contribution in [3.63, 3.8) is 0 Å². The molecule has 0 bridgehead atoms. The monoisotopic (exact) mass is 438 g/mol. The van der Waals surface area contributed by atoms with Gasteiger partial charge in [-0.15, -0.1) is 0 Å². The van der Waals surface area contributed by atoms with Gasteiger partial charge in [0, 0.05) is 20.0 Å². The van der Waals surface area contributed by atoms with Crippen molar-refractivity contribution in [2.24, 2.45) is 5.73 Å². The van der Waals surface area contributed by atoms with Crippen LogP contribution in [-0.4, -0.2) is 37.3 Å². The SMILES string of the molecule is CN1Cc2cc(-c3ccc(CC(C#N)NC(=O)C4(N)CCCC4)cc3)ccc2S1(=O)=O. The molecule has 2 aromatic rings. The maximum absolute atomic E-state index is 12.5. The van der Waals surface area contributed by atoms with Crippen LogP contribution >= 0.6 is 0 Å². The highest BCUT2D eigenvalue weighted by Crippen LogP contribution is 2.32. The maximum atomic E-state index is 12.5. The Labute approximate surface area is 182 Å². The Morgan fingerprint density at radius 2 is 1.84 bits per heavy atom. The number of fused-ring (bicyclic) bond motifs is 1. The summed E-state index contributed by atoms with van der Waals surface area (Å²) in [6, 6.07) is 14.6. The Morgan fingerprint density at radius 1 is 1.19 bits per heavy atom. The summed E-state index contributed by atoms with van der Waals surface area (Å²) < 4.78 is 25.8. The second-order valence-electron chi connectivity index (χ2n) is 8.50. The summed E-state index contributed by atoms with van der Waals surface area (Å²) in [5.74, 6) is -0.244. The van der Waals surface area contributed by atoms with Crippen LogP contribution in [0.25, 0.3) is 11.1 Å². The van der Waals surface area contributed by atoms with Crippen LogP contribution in [0.2, 0.25) is 0 Å². The summed E-state index contributed by atoms with van der Waals surface area (Å²) in [6.45, 7) is 0.371.